The maximum Gasteiger partial charge on any atom is 0.330 e. The van der Waals surface area contributed by atoms with Crippen molar-refractivity contribution in [3.05, 3.63) is 141 Å². The summed E-state index contributed by atoms with van der Waals surface area (Å²) >= 11 is 3.48. The van der Waals surface area contributed by atoms with Crippen molar-refractivity contribution in [2.24, 2.45) is 0 Å². The normalized spacial score (nSPS) is 21.6. The molecule has 1 aliphatic heterocycles. The topological polar surface area (TPSA) is 117 Å². The summed E-state index contributed by atoms with van der Waals surface area (Å²) in [4.78, 5) is 25.6. The van der Waals surface area contributed by atoms with Crippen LogP contribution in [0.15, 0.2) is 113 Å². The monoisotopic (exact) mass is 612 g/mol. The molecule has 0 saturated carbocycles. The molecule has 1 aliphatic rings. The summed E-state index contributed by atoms with van der Waals surface area (Å²) in [6.45, 7) is 0. The number of alkyl halides is 1. The number of hydrogen-bond acceptors (Lipinski definition) is 7. The summed E-state index contributed by atoms with van der Waals surface area (Å²) < 4.78 is 44.4. The predicted octanol–water partition coefficient (Wildman–Crippen LogP) is 3.51. The summed E-state index contributed by atoms with van der Waals surface area (Å²) in [5, 5.41) is 0. The van der Waals surface area contributed by atoms with Crippen molar-refractivity contribution in [1.82, 2.24) is 9.55 Å². The predicted molar refractivity (Wildman–Crippen MR) is 148 cm³/mol. The van der Waals surface area contributed by atoms with Crippen LogP contribution in [0.5, 0.6) is 0 Å². The van der Waals surface area contributed by atoms with E-state index < -0.39 is 50.4 Å². The highest BCUT2D eigenvalue weighted by molar-refractivity contribution is 9.09. The first-order chi connectivity index (χ1) is 18.7. The molecule has 202 valence electrons. The molecule has 0 spiro atoms. The quantitative estimate of drug-likeness (QED) is 0.184. The zero-order valence-corrected chi connectivity index (χ0v) is 23.1. The second-order valence-corrected chi connectivity index (χ2v) is 11.7. The Morgan fingerprint density at radius 2 is 1.33 bits per heavy atom. The SMILES string of the molecule is CS(=O)(=O)O[C@@H]1[C@H](OC(c2ccccc2)(c2ccccc2)c2ccccc2)O[C@@H](n2ccc(=O)[nH]c2=O)[C@@H]1Br. The highest BCUT2D eigenvalue weighted by atomic mass is 79.9. The Bertz CT molecular complexity index is 1550. The van der Waals surface area contributed by atoms with E-state index in [1.165, 1.54) is 12.3 Å². The first kappa shape index (κ1) is 27.2. The van der Waals surface area contributed by atoms with E-state index >= 15 is 0 Å². The second kappa shape index (κ2) is 11.0. The lowest BCUT2D eigenvalue weighted by Crippen LogP contribution is -2.43. The van der Waals surface area contributed by atoms with Crippen LogP contribution in [-0.4, -0.2) is 41.4 Å². The fraction of sp³-hybridized carbons (Fsp3) is 0.214. The van der Waals surface area contributed by atoms with Crippen molar-refractivity contribution < 1.29 is 22.1 Å². The van der Waals surface area contributed by atoms with E-state index in [0.29, 0.717) is 0 Å². The maximum atomic E-state index is 12.6. The van der Waals surface area contributed by atoms with Gasteiger partial charge in [0.05, 0.1) is 11.1 Å². The van der Waals surface area contributed by atoms with E-state index in [-0.39, 0.29) is 0 Å². The van der Waals surface area contributed by atoms with Crippen LogP contribution in [0.25, 0.3) is 0 Å². The third-order valence-corrected chi connectivity index (χ3v) is 7.92. The summed E-state index contributed by atoms with van der Waals surface area (Å²) in [5.74, 6) is 0. The van der Waals surface area contributed by atoms with E-state index in [1.54, 1.807) is 0 Å². The first-order valence-corrected chi connectivity index (χ1v) is 14.8. The zero-order valence-electron chi connectivity index (χ0n) is 20.7. The molecule has 0 aliphatic carbocycles. The van der Waals surface area contributed by atoms with Crippen molar-refractivity contribution in [1.29, 1.82) is 0 Å². The molecule has 3 aromatic carbocycles. The summed E-state index contributed by atoms with van der Waals surface area (Å²) in [6, 6.07) is 29.6. The lowest BCUT2D eigenvalue weighted by molar-refractivity contribution is -0.213. The molecule has 0 unspecified atom stereocenters. The van der Waals surface area contributed by atoms with Crippen molar-refractivity contribution >= 4 is 26.0 Å². The number of nitrogens with zero attached hydrogens (tertiary/aromatic N) is 1. The lowest BCUT2D eigenvalue weighted by Gasteiger charge is -2.38. The van der Waals surface area contributed by atoms with Crippen LogP contribution in [0, 0.1) is 0 Å². The van der Waals surface area contributed by atoms with Gasteiger partial charge in [-0.1, -0.05) is 107 Å². The van der Waals surface area contributed by atoms with Gasteiger partial charge in [-0.2, -0.15) is 8.42 Å². The number of nitrogens with one attached hydrogen (secondary N) is 1. The molecule has 1 fully saturated rings. The summed E-state index contributed by atoms with van der Waals surface area (Å²) in [5.41, 5.74) is -0.269. The molecule has 1 N–H and O–H groups in total. The van der Waals surface area contributed by atoms with Gasteiger partial charge in [-0.05, 0) is 16.7 Å². The van der Waals surface area contributed by atoms with Crippen LogP contribution in [-0.2, 0) is 29.4 Å². The number of halogens is 1. The highest BCUT2D eigenvalue weighted by Gasteiger charge is 2.52. The van der Waals surface area contributed by atoms with E-state index in [0.717, 1.165) is 27.5 Å². The van der Waals surface area contributed by atoms with Crippen LogP contribution in [0.1, 0.15) is 22.9 Å². The molecule has 0 amide bonds. The Hall–Kier alpha value is -3.35. The molecule has 9 nitrogen and oxygen atoms in total. The Morgan fingerprint density at radius 1 is 0.846 bits per heavy atom. The largest absolute Gasteiger partial charge is 0.330 e. The molecule has 5 rings (SSSR count). The minimum Gasteiger partial charge on any atom is -0.329 e. The fourth-order valence-electron chi connectivity index (χ4n) is 4.74. The van der Waals surface area contributed by atoms with Gasteiger partial charge >= 0.3 is 5.69 Å². The summed E-state index contributed by atoms with van der Waals surface area (Å²) in [6.07, 6.45) is -1.33. The first-order valence-electron chi connectivity index (χ1n) is 12.0. The molecular formula is C28H25BrN2O7S. The van der Waals surface area contributed by atoms with Gasteiger partial charge in [-0.15, -0.1) is 0 Å². The van der Waals surface area contributed by atoms with Crippen LogP contribution in [0.2, 0.25) is 0 Å². The van der Waals surface area contributed by atoms with Gasteiger partial charge in [0, 0.05) is 12.3 Å². The number of hydrogen-bond donors (Lipinski definition) is 1. The van der Waals surface area contributed by atoms with Crippen LogP contribution < -0.4 is 11.2 Å². The molecule has 4 atom stereocenters. The fourth-order valence-corrected chi connectivity index (χ4v) is 6.23. The average Bonchev–Trinajstić information content (AvgIpc) is 3.21. The third kappa shape index (κ3) is 5.54. The lowest BCUT2D eigenvalue weighted by atomic mass is 9.80. The Kier molecular flexibility index (Phi) is 7.70. The molecule has 0 radical (unpaired) electrons. The highest BCUT2D eigenvalue weighted by Crippen LogP contribution is 2.46. The molecule has 1 aromatic heterocycles. The minimum absolute atomic E-state index is 0.576. The van der Waals surface area contributed by atoms with Crippen LogP contribution in [0.3, 0.4) is 0 Å². The van der Waals surface area contributed by atoms with E-state index in [2.05, 4.69) is 20.9 Å². The van der Waals surface area contributed by atoms with Gasteiger partial charge in [0.2, 0.25) is 0 Å². The Morgan fingerprint density at radius 3 is 1.77 bits per heavy atom. The van der Waals surface area contributed by atoms with Crippen molar-refractivity contribution in [2.45, 2.75) is 29.1 Å². The van der Waals surface area contributed by atoms with Crippen molar-refractivity contribution in [3.8, 4) is 0 Å². The van der Waals surface area contributed by atoms with Gasteiger partial charge in [-0.25, -0.2) is 4.79 Å². The molecule has 1 saturated heterocycles. The minimum atomic E-state index is -3.98. The van der Waals surface area contributed by atoms with Gasteiger partial charge < -0.3 is 9.47 Å². The number of H-pyrrole nitrogens is 1. The zero-order chi connectivity index (χ0) is 27.6. The molecule has 39 heavy (non-hydrogen) atoms. The smallest absolute Gasteiger partial charge is 0.329 e. The van der Waals surface area contributed by atoms with Gasteiger partial charge in [0.15, 0.2) is 12.5 Å². The van der Waals surface area contributed by atoms with Crippen molar-refractivity contribution in [3.63, 3.8) is 0 Å². The average molecular weight is 613 g/mol. The van der Waals surface area contributed by atoms with Gasteiger partial charge in [-0.3, -0.25) is 18.5 Å². The summed E-state index contributed by atoms with van der Waals surface area (Å²) in [7, 11) is -3.98. The Balaban J connectivity index is 1.69. The molecular weight excluding hydrogens is 588 g/mol. The maximum absolute atomic E-state index is 12.6. The van der Waals surface area contributed by atoms with Crippen molar-refractivity contribution in [2.75, 3.05) is 6.26 Å². The third-order valence-electron chi connectivity index (χ3n) is 6.37. The van der Waals surface area contributed by atoms with Gasteiger partial charge in [0.1, 0.15) is 11.7 Å². The van der Waals surface area contributed by atoms with Crippen LogP contribution in [0.4, 0.5) is 0 Å². The number of benzene rings is 3. The Labute approximate surface area is 233 Å². The number of aromatic nitrogens is 2. The van der Waals surface area contributed by atoms with E-state index in [9.17, 15) is 18.0 Å². The second-order valence-electron chi connectivity index (χ2n) is 9.02. The van der Waals surface area contributed by atoms with E-state index in [4.69, 9.17) is 13.7 Å². The number of ether oxygens (including phenoxy) is 2. The van der Waals surface area contributed by atoms with E-state index in [1.807, 2.05) is 91.0 Å². The standard InChI is InChI=1S/C28H25BrN2O7S/c1-39(34,35)38-24-23(29)25(31-18-17-22(32)30-27(31)33)36-26(24)37-28(19-11-5-2-6-12-19,20-13-7-3-8-14-20)21-15-9-4-10-16-21/h2-18,23-26H,1H3,(H,30,32,33)/t23-,24+,25-,26+/m1/s1. The molecule has 11 heteroatoms. The molecule has 0 bridgehead atoms. The number of rotatable bonds is 8. The van der Waals surface area contributed by atoms with Gasteiger partial charge in [0.25, 0.3) is 15.7 Å². The molecule has 2 heterocycles. The number of aromatic amines is 1. The molecule has 4 aromatic rings. The van der Waals surface area contributed by atoms with Crippen LogP contribution >= 0.6 is 15.9 Å².